The van der Waals surface area contributed by atoms with Crippen LogP contribution in [0.2, 0.25) is 0 Å². The number of amides is 1. The summed E-state index contributed by atoms with van der Waals surface area (Å²) in [5.41, 5.74) is -5.83. The third-order valence-corrected chi connectivity index (χ3v) is 2.88. The van der Waals surface area contributed by atoms with E-state index in [1.165, 1.54) is 22.9 Å². The zero-order valence-electron chi connectivity index (χ0n) is 9.08. The topological polar surface area (TPSA) is 75.3 Å². The number of benzene rings is 1. The van der Waals surface area contributed by atoms with Gasteiger partial charge in [0.25, 0.3) is 0 Å². The third kappa shape index (κ3) is 3.36. The predicted molar refractivity (Wildman–Crippen MR) is 59.3 cm³/mol. The molecule has 1 amide bonds. The van der Waals surface area contributed by atoms with Gasteiger partial charge in [0.1, 0.15) is 0 Å². The van der Waals surface area contributed by atoms with Crippen LogP contribution in [0.15, 0.2) is 24.3 Å². The van der Waals surface area contributed by atoms with E-state index in [-0.39, 0.29) is 11.4 Å². The van der Waals surface area contributed by atoms with Crippen molar-refractivity contribution in [3.8, 4) is 0 Å². The molecule has 100 valence electrons. The molecule has 0 unspecified atom stereocenters. The zero-order chi connectivity index (χ0) is 14.0. The molecule has 5 nitrogen and oxygen atoms in total. The van der Waals surface area contributed by atoms with Crippen LogP contribution < -0.4 is 10.0 Å². The second-order valence-corrected chi connectivity index (χ2v) is 4.95. The molecule has 0 aromatic heterocycles. The highest BCUT2D eigenvalue weighted by Crippen LogP contribution is 2.28. The van der Waals surface area contributed by atoms with Crippen molar-refractivity contribution in [2.75, 3.05) is 10.0 Å². The maximum absolute atomic E-state index is 12.2. The van der Waals surface area contributed by atoms with Gasteiger partial charge >= 0.3 is 15.5 Å². The molecule has 0 aliphatic heterocycles. The second kappa shape index (κ2) is 4.84. The second-order valence-electron chi connectivity index (χ2n) is 3.28. The first-order valence-corrected chi connectivity index (χ1v) is 6.07. The molecule has 1 rings (SSSR count). The average molecular weight is 282 g/mol. The number of halogens is 3. The fourth-order valence-electron chi connectivity index (χ4n) is 1.07. The molecule has 0 aliphatic rings. The van der Waals surface area contributed by atoms with Gasteiger partial charge in [-0.15, -0.1) is 0 Å². The Labute approximate surface area is 101 Å². The number of rotatable bonds is 3. The molecule has 9 heteroatoms. The minimum Gasteiger partial charge on any atom is -0.325 e. The van der Waals surface area contributed by atoms with Crippen LogP contribution in [0.4, 0.5) is 24.5 Å². The first kappa shape index (κ1) is 14.3. The zero-order valence-corrected chi connectivity index (χ0v) is 9.89. The van der Waals surface area contributed by atoms with Gasteiger partial charge in [-0.1, -0.05) is 12.1 Å². The molecule has 0 bridgehead atoms. The Hall–Kier alpha value is -1.77. The largest absolute Gasteiger partial charge is 0.516 e. The van der Waals surface area contributed by atoms with Gasteiger partial charge in [-0.05, 0) is 12.1 Å². The van der Waals surface area contributed by atoms with Gasteiger partial charge in [0.2, 0.25) is 5.91 Å². The molecule has 2 N–H and O–H groups in total. The van der Waals surface area contributed by atoms with Gasteiger partial charge in [-0.2, -0.15) is 21.6 Å². The van der Waals surface area contributed by atoms with Crippen LogP contribution in [0.5, 0.6) is 0 Å². The van der Waals surface area contributed by atoms with Crippen LogP contribution >= 0.6 is 0 Å². The molecule has 0 saturated heterocycles. The minimum absolute atomic E-state index is 0.0576. The van der Waals surface area contributed by atoms with Gasteiger partial charge in [0.05, 0.1) is 11.4 Å². The summed E-state index contributed by atoms with van der Waals surface area (Å²) in [6.45, 7) is 1.15. The Balaban J connectivity index is 3.09. The van der Waals surface area contributed by atoms with E-state index in [0.717, 1.165) is 13.0 Å². The van der Waals surface area contributed by atoms with Crippen LogP contribution in [0.3, 0.4) is 0 Å². The monoisotopic (exact) mass is 282 g/mol. The molecule has 0 atom stereocenters. The first-order valence-electron chi connectivity index (χ1n) is 4.59. The van der Waals surface area contributed by atoms with E-state index in [1.807, 2.05) is 0 Å². The van der Waals surface area contributed by atoms with E-state index in [1.54, 1.807) is 0 Å². The Morgan fingerprint density at radius 2 is 1.67 bits per heavy atom. The normalized spacial score (nSPS) is 12.0. The molecule has 0 spiro atoms. The van der Waals surface area contributed by atoms with Crippen molar-refractivity contribution < 1.29 is 26.4 Å². The number of alkyl halides is 3. The van der Waals surface area contributed by atoms with Crippen LogP contribution in [0, 0.1) is 0 Å². The van der Waals surface area contributed by atoms with Crippen molar-refractivity contribution in [3.63, 3.8) is 0 Å². The van der Waals surface area contributed by atoms with Gasteiger partial charge in [0.15, 0.2) is 0 Å². The number of hydrogen-bond donors (Lipinski definition) is 2. The van der Waals surface area contributed by atoms with Crippen molar-refractivity contribution in [2.24, 2.45) is 0 Å². The van der Waals surface area contributed by atoms with E-state index in [9.17, 15) is 26.4 Å². The molecule has 1 aromatic rings. The smallest absolute Gasteiger partial charge is 0.325 e. The van der Waals surface area contributed by atoms with E-state index in [2.05, 4.69) is 5.32 Å². The van der Waals surface area contributed by atoms with Crippen LogP contribution in [0.25, 0.3) is 0 Å². The number of hydrogen-bond acceptors (Lipinski definition) is 3. The highest BCUT2D eigenvalue weighted by molar-refractivity contribution is 7.93. The summed E-state index contributed by atoms with van der Waals surface area (Å²) in [5, 5.41) is 2.21. The summed E-state index contributed by atoms with van der Waals surface area (Å²) >= 11 is 0. The lowest BCUT2D eigenvalue weighted by Crippen LogP contribution is -2.30. The molecule has 1 aromatic carbocycles. The quantitative estimate of drug-likeness (QED) is 0.889. The fourth-order valence-corrected chi connectivity index (χ4v) is 1.66. The Morgan fingerprint density at radius 3 is 2.11 bits per heavy atom. The van der Waals surface area contributed by atoms with E-state index in [4.69, 9.17) is 0 Å². The lowest BCUT2D eigenvalue weighted by atomic mass is 10.3. The summed E-state index contributed by atoms with van der Waals surface area (Å²) in [5.74, 6) is -0.534. The van der Waals surface area contributed by atoms with Gasteiger partial charge in [0, 0.05) is 6.92 Å². The number of anilines is 2. The maximum atomic E-state index is 12.2. The van der Waals surface area contributed by atoms with Crippen LogP contribution in [-0.4, -0.2) is 19.8 Å². The lowest BCUT2D eigenvalue weighted by Gasteiger charge is -2.13. The van der Waals surface area contributed by atoms with Gasteiger partial charge in [-0.25, -0.2) is 0 Å². The lowest BCUT2D eigenvalue weighted by molar-refractivity contribution is -0.114. The van der Waals surface area contributed by atoms with Crippen LogP contribution in [0.1, 0.15) is 6.92 Å². The SMILES string of the molecule is CC(=O)Nc1ccccc1NS(=O)(=O)C(F)(F)F. The van der Waals surface area contributed by atoms with Crippen molar-refractivity contribution in [3.05, 3.63) is 24.3 Å². The summed E-state index contributed by atoms with van der Waals surface area (Å²) in [6.07, 6.45) is 0. The number of carbonyl (C=O) groups is 1. The fraction of sp³-hybridized carbons (Fsp3) is 0.222. The van der Waals surface area contributed by atoms with Gasteiger partial charge in [-0.3, -0.25) is 9.52 Å². The number of sulfonamides is 1. The van der Waals surface area contributed by atoms with Crippen molar-refractivity contribution in [1.29, 1.82) is 0 Å². The molecular weight excluding hydrogens is 273 g/mol. The third-order valence-electron chi connectivity index (χ3n) is 1.79. The van der Waals surface area contributed by atoms with Gasteiger partial charge < -0.3 is 5.32 Å². The molecule has 0 heterocycles. The van der Waals surface area contributed by atoms with E-state index >= 15 is 0 Å². The average Bonchev–Trinajstić information content (AvgIpc) is 2.18. The molecule has 18 heavy (non-hydrogen) atoms. The Kier molecular flexibility index (Phi) is 3.85. The molecule has 0 aliphatic carbocycles. The minimum atomic E-state index is -5.51. The number of carbonyl (C=O) groups excluding carboxylic acids is 1. The highest BCUT2D eigenvalue weighted by atomic mass is 32.2. The highest BCUT2D eigenvalue weighted by Gasteiger charge is 2.46. The maximum Gasteiger partial charge on any atom is 0.516 e. The predicted octanol–water partition coefficient (Wildman–Crippen LogP) is 1.91. The van der Waals surface area contributed by atoms with Crippen molar-refractivity contribution >= 4 is 27.3 Å². The summed E-state index contributed by atoms with van der Waals surface area (Å²) in [6, 6.07) is 5.15. The molecule has 0 fully saturated rings. The van der Waals surface area contributed by atoms with E-state index in [0.29, 0.717) is 0 Å². The Morgan fingerprint density at radius 1 is 1.17 bits per heavy atom. The molecular formula is C9H9F3N2O3S. The van der Waals surface area contributed by atoms with Crippen molar-refractivity contribution in [2.45, 2.75) is 12.4 Å². The Bertz CT molecular complexity index is 554. The summed E-state index contributed by atoms with van der Waals surface area (Å²) in [7, 11) is -5.51. The number of nitrogens with one attached hydrogen (secondary N) is 2. The summed E-state index contributed by atoms with van der Waals surface area (Å²) in [4.78, 5) is 10.8. The first-order chi connectivity index (χ1) is 8.13. The summed E-state index contributed by atoms with van der Waals surface area (Å²) < 4.78 is 59.7. The molecule has 0 saturated carbocycles. The standard InChI is InChI=1S/C9H9F3N2O3S/c1-6(15)13-7-4-2-3-5-8(7)14-18(16,17)9(10,11)12/h2-5,14H,1H3,(H,13,15). The number of para-hydroxylation sites is 2. The van der Waals surface area contributed by atoms with Crippen molar-refractivity contribution in [1.82, 2.24) is 0 Å². The van der Waals surface area contributed by atoms with Crippen LogP contribution in [-0.2, 0) is 14.8 Å². The molecule has 0 radical (unpaired) electrons. The van der Waals surface area contributed by atoms with E-state index < -0.39 is 21.4 Å².